The lowest BCUT2D eigenvalue weighted by Gasteiger charge is -2.12. The molecule has 0 aliphatic heterocycles. The van der Waals surface area contributed by atoms with Crippen LogP contribution < -0.4 is 15.8 Å². The first-order valence-corrected chi connectivity index (χ1v) is 7.27. The van der Waals surface area contributed by atoms with Crippen LogP contribution in [0.2, 0.25) is 0 Å². The van der Waals surface area contributed by atoms with Crippen molar-refractivity contribution in [3.63, 3.8) is 0 Å². The van der Waals surface area contributed by atoms with Gasteiger partial charge in [0.05, 0.1) is 0 Å². The zero-order valence-electron chi connectivity index (χ0n) is 12.4. The van der Waals surface area contributed by atoms with E-state index in [0.717, 1.165) is 12.8 Å². The Morgan fingerprint density at radius 3 is 2.55 bits per heavy atom. The maximum atomic E-state index is 13.1. The summed E-state index contributed by atoms with van der Waals surface area (Å²) < 4.78 is 18.4. The van der Waals surface area contributed by atoms with E-state index >= 15 is 0 Å². The second-order valence-electron chi connectivity index (χ2n) is 5.15. The van der Waals surface area contributed by atoms with Gasteiger partial charge in [-0.2, -0.15) is 0 Å². The molecule has 0 atom stereocenters. The van der Waals surface area contributed by atoms with Crippen molar-refractivity contribution in [1.29, 1.82) is 0 Å². The highest BCUT2D eigenvalue weighted by atomic mass is 35.5. The fourth-order valence-electron chi connectivity index (χ4n) is 2.38. The van der Waals surface area contributed by atoms with Crippen molar-refractivity contribution >= 4 is 18.3 Å². The maximum absolute atomic E-state index is 13.1. The fraction of sp³-hybridized carbons (Fsp3) is 0.438. The Balaban J connectivity index is 0.00000242. The van der Waals surface area contributed by atoms with Crippen LogP contribution in [0.25, 0.3) is 0 Å². The van der Waals surface area contributed by atoms with E-state index in [9.17, 15) is 9.18 Å². The first-order chi connectivity index (χ1) is 10.2. The standard InChI is InChI=1S/C16H21FN2O2.ClH/c17-13(9-10-18)11-21-15-7-5-12(6-8-15)16(20)19-14-3-1-2-4-14;/h5-9,14H,1-4,10-11,18H2,(H,19,20);1H. The topological polar surface area (TPSA) is 64.3 Å². The SMILES string of the molecule is Cl.NCC=C(F)COc1ccc(C(=O)NC2CCCC2)cc1. The average Bonchev–Trinajstić information content (AvgIpc) is 2.99. The van der Waals surface area contributed by atoms with Crippen molar-refractivity contribution in [2.75, 3.05) is 13.2 Å². The molecule has 0 heterocycles. The Kier molecular flexibility index (Phi) is 7.91. The number of benzene rings is 1. The molecule has 1 aromatic carbocycles. The summed E-state index contributed by atoms with van der Waals surface area (Å²) in [4.78, 5) is 12.0. The molecular weight excluding hydrogens is 307 g/mol. The quantitative estimate of drug-likeness (QED) is 0.843. The van der Waals surface area contributed by atoms with Gasteiger partial charge in [-0.15, -0.1) is 12.4 Å². The molecule has 122 valence electrons. The number of rotatable bonds is 6. The first-order valence-electron chi connectivity index (χ1n) is 7.27. The number of hydrogen-bond acceptors (Lipinski definition) is 3. The van der Waals surface area contributed by atoms with Crippen molar-refractivity contribution in [3.8, 4) is 5.75 Å². The summed E-state index contributed by atoms with van der Waals surface area (Å²) in [5, 5.41) is 3.02. The van der Waals surface area contributed by atoms with E-state index in [1.54, 1.807) is 24.3 Å². The number of carbonyl (C=O) groups excluding carboxylic acids is 1. The number of amides is 1. The van der Waals surface area contributed by atoms with Crippen LogP contribution in [0.15, 0.2) is 36.2 Å². The Morgan fingerprint density at radius 1 is 1.32 bits per heavy atom. The van der Waals surface area contributed by atoms with Crippen LogP contribution >= 0.6 is 12.4 Å². The molecule has 0 radical (unpaired) electrons. The Hall–Kier alpha value is -1.59. The third-order valence-electron chi connectivity index (χ3n) is 3.52. The molecule has 3 N–H and O–H groups in total. The van der Waals surface area contributed by atoms with Gasteiger partial charge in [0.15, 0.2) is 0 Å². The number of ether oxygens (including phenoxy) is 1. The zero-order chi connectivity index (χ0) is 15.1. The average molecular weight is 329 g/mol. The Labute approximate surface area is 136 Å². The van der Waals surface area contributed by atoms with E-state index in [2.05, 4.69) is 5.32 Å². The Morgan fingerprint density at radius 2 is 1.95 bits per heavy atom. The molecule has 2 rings (SSSR count). The van der Waals surface area contributed by atoms with Gasteiger partial charge in [-0.25, -0.2) is 4.39 Å². The van der Waals surface area contributed by atoms with Crippen molar-refractivity contribution in [1.82, 2.24) is 5.32 Å². The first kappa shape index (κ1) is 18.5. The molecule has 0 saturated heterocycles. The summed E-state index contributed by atoms with van der Waals surface area (Å²) in [5.74, 6) is 0.0520. The number of nitrogens with two attached hydrogens (primary N) is 1. The highest BCUT2D eigenvalue weighted by molar-refractivity contribution is 5.94. The maximum Gasteiger partial charge on any atom is 0.251 e. The third kappa shape index (κ3) is 5.66. The van der Waals surface area contributed by atoms with Crippen LogP contribution in [0.5, 0.6) is 5.75 Å². The van der Waals surface area contributed by atoms with Gasteiger partial charge in [0.1, 0.15) is 18.2 Å². The van der Waals surface area contributed by atoms with Gasteiger partial charge in [0.2, 0.25) is 0 Å². The summed E-state index contributed by atoms with van der Waals surface area (Å²) in [6.45, 7) is 0.000284. The molecule has 0 unspecified atom stereocenters. The molecule has 1 amide bonds. The molecule has 1 fully saturated rings. The van der Waals surface area contributed by atoms with E-state index in [1.165, 1.54) is 18.9 Å². The molecule has 6 heteroatoms. The number of halogens is 2. The number of nitrogens with one attached hydrogen (secondary N) is 1. The predicted molar refractivity (Wildman–Crippen MR) is 87.2 cm³/mol. The molecule has 4 nitrogen and oxygen atoms in total. The van der Waals surface area contributed by atoms with Gasteiger partial charge in [-0.05, 0) is 43.2 Å². The third-order valence-corrected chi connectivity index (χ3v) is 3.52. The molecule has 1 aliphatic rings. The van der Waals surface area contributed by atoms with Crippen molar-refractivity contribution in [2.45, 2.75) is 31.7 Å². The Bertz CT molecular complexity index is 499. The van der Waals surface area contributed by atoms with Crippen LogP contribution in [0.1, 0.15) is 36.0 Å². The summed E-state index contributed by atoms with van der Waals surface area (Å²) in [7, 11) is 0. The molecule has 0 bridgehead atoms. The monoisotopic (exact) mass is 328 g/mol. The van der Waals surface area contributed by atoms with Crippen LogP contribution in [0.3, 0.4) is 0 Å². The van der Waals surface area contributed by atoms with E-state index in [0.29, 0.717) is 17.4 Å². The van der Waals surface area contributed by atoms with Gasteiger partial charge in [-0.1, -0.05) is 12.8 Å². The van der Waals surface area contributed by atoms with Gasteiger partial charge in [-0.3, -0.25) is 4.79 Å². The summed E-state index contributed by atoms with van der Waals surface area (Å²) in [5.41, 5.74) is 5.79. The minimum Gasteiger partial charge on any atom is -0.487 e. The normalized spacial score (nSPS) is 15.3. The van der Waals surface area contributed by atoms with E-state index in [1.807, 2.05) is 0 Å². The molecule has 22 heavy (non-hydrogen) atoms. The number of carbonyl (C=O) groups is 1. The highest BCUT2D eigenvalue weighted by Crippen LogP contribution is 2.19. The second-order valence-corrected chi connectivity index (χ2v) is 5.15. The lowest BCUT2D eigenvalue weighted by Crippen LogP contribution is -2.32. The minimum atomic E-state index is -0.402. The molecule has 0 aromatic heterocycles. The number of hydrogen-bond donors (Lipinski definition) is 2. The second kappa shape index (κ2) is 9.43. The smallest absolute Gasteiger partial charge is 0.251 e. The van der Waals surface area contributed by atoms with Crippen molar-refractivity contribution in [2.24, 2.45) is 5.73 Å². The lowest BCUT2D eigenvalue weighted by molar-refractivity contribution is 0.0938. The summed E-state index contributed by atoms with van der Waals surface area (Å²) >= 11 is 0. The van der Waals surface area contributed by atoms with E-state index in [-0.39, 0.29) is 31.5 Å². The van der Waals surface area contributed by atoms with Crippen molar-refractivity contribution < 1.29 is 13.9 Å². The zero-order valence-corrected chi connectivity index (χ0v) is 13.2. The summed E-state index contributed by atoms with van der Waals surface area (Å²) in [6, 6.07) is 7.00. The van der Waals surface area contributed by atoms with Gasteiger partial charge in [0, 0.05) is 18.2 Å². The molecule has 1 saturated carbocycles. The van der Waals surface area contributed by atoms with E-state index in [4.69, 9.17) is 10.5 Å². The molecule has 1 aliphatic carbocycles. The lowest BCUT2D eigenvalue weighted by atomic mass is 10.1. The predicted octanol–water partition coefficient (Wildman–Crippen LogP) is 2.97. The fourth-order valence-corrected chi connectivity index (χ4v) is 2.38. The van der Waals surface area contributed by atoms with Crippen LogP contribution in [0, 0.1) is 0 Å². The van der Waals surface area contributed by atoms with Crippen molar-refractivity contribution in [3.05, 3.63) is 41.7 Å². The van der Waals surface area contributed by atoms with Crippen LogP contribution in [0.4, 0.5) is 4.39 Å². The highest BCUT2D eigenvalue weighted by Gasteiger charge is 2.17. The molecule has 1 aromatic rings. The van der Waals surface area contributed by atoms with Gasteiger partial charge < -0.3 is 15.8 Å². The largest absolute Gasteiger partial charge is 0.487 e. The van der Waals surface area contributed by atoms with Crippen LogP contribution in [-0.2, 0) is 0 Å². The molecular formula is C16H22ClFN2O2. The summed E-state index contributed by atoms with van der Waals surface area (Å²) in [6.07, 6.45) is 5.74. The van der Waals surface area contributed by atoms with E-state index < -0.39 is 5.83 Å². The minimum absolute atomic E-state index is 0. The molecule has 0 spiro atoms. The van der Waals surface area contributed by atoms with Gasteiger partial charge in [0.25, 0.3) is 5.91 Å². The van der Waals surface area contributed by atoms with Crippen LogP contribution in [-0.4, -0.2) is 25.1 Å². The van der Waals surface area contributed by atoms with Gasteiger partial charge >= 0.3 is 0 Å².